The number of amides is 1. The third kappa shape index (κ3) is 5.40. The molecular formula is C30H39N7O3. The van der Waals surface area contributed by atoms with Crippen LogP contribution in [0.1, 0.15) is 48.0 Å². The quantitative estimate of drug-likeness (QED) is 0.376. The van der Waals surface area contributed by atoms with Gasteiger partial charge >= 0.3 is 0 Å². The molecule has 0 bridgehead atoms. The van der Waals surface area contributed by atoms with E-state index in [0.29, 0.717) is 24.0 Å². The lowest BCUT2D eigenvalue weighted by Gasteiger charge is -2.34. The van der Waals surface area contributed by atoms with Gasteiger partial charge in [0.25, 0.3) is 5.91 Å². The van der Waals surface area contributed by atoms with Crippen molar-refractivity contribution in [2.24, 2.45) is 5.92 Å². The van der Waals surface area contributed by atoms with Crippen molar-refractivity contribution in [1.29, 1.82) is 0 Å². The van der Waals surface area contributed by atoms with E-state index in [9.17, 15) is 4.79 Å². The highest BCUT2D eigenvalue weighted by Gasteiger charge is 2.32. The minimum absolute atomic E-state index is 0.00898. The number of ether oxygens (including phenoxy) is 2. The molecule has 10 heteroatoms. The lowest BCUT2D eigenvalue weighted by Crippen LogP contribution is -2.48. The Bertz CT molecular complexity index is 1380. The van der Waals surface area contributed by atoms with Crippen LogP contribution in [0, 0.1) is 12.8 Å². The molecule has 3 aliphatic heterocycles. The molecule has 212 valence electrons. The average molecular weight is 546 g/mol. The number of hydrogen-bond acceptors (Lipinski definition) is 8. The molecule has 1 amide bonds. The summed E-state index contributed by atoms with van der Waals surface area (Å²) in [5.41, 5.74) is 4.44. The first kappa shape index (κ1) is 25.7. The van der Waals surface area contributed by atoms with E-state index in [1.54, 1.807) is 0 Å². The zero-order chi connectivity index (χ0) is 27.1. The molecule has 3 aromatic rings. The van der Waals surface area contributed by atoms with E-state index in [-0.39, 0.29) is 5.91 Å². The van der Waals surface area contributed by atoms with Crippen LogP contribution < -0.4 is 16.0 Å². The molecule has 4 aliphatic rings. The Labute approximate surface area is 234 Å². The highest BCUT2D eigenvalue weighted by Crippen LogP contribution is 2.30. The Kier molecular flexibility index (Phi) is 7.07. The fourth-order valence-electron chi connectivity index (χ4n) is 6.02. The summed E-state index contributed by atoms with van der Waals surface area (Å²) in [6.45, 7) is 8.30. The van der Waals surface area contributed by atoms with Gasteiger partial charge in [-0.05, 0) is 62.1 Å². The number of hydrogen-bond donors (Lipinski definition) is 3. The smallest absolute Gasteiger partial charge is 0.251 e. The van der Waals surface area contributed by atoms with Crippen molar-refractivity contribution < 1.29 is 14.3 Å². The van der Waals surface area contributed by atoms with Gasteiger partial charge in [-0.3, -0.25) is 9.69 Å². The fraction of sp³-hybridized carbons (Fsp3) is 0.567. The summed E-state index contributed by atoms with van der Waals surface area (Å²) in [5, 5.41) is 15.3. The summed E-state index contributed by atoms with van der Waals surface area (Å²) in [6.07, 6.45) is 7.26. The molecule has 1 aromatic carbocycles. The summed E-state index contributed by atoms with van der Waals surface area (Å²) in [5.74, 6) is 2.38. The molecule has 3 N–H and O–H groups in total. The van der Waals surface area contributed by atoms with Gasteiger partial charge in [0.2, 0.25) is 0 Å². The molecule has 7 rings (SSSR count). The third-order valence-corrected chi connectivity index (χ3v) is 8.79. The first-order valence-electron chi connectivity index (χ1n) is 14.8. The van der Waals surface area contributed by atoms with Crippen molar-refractivity contribution in [3.63, 3.8) is 0 Å². The second-order valence-electron chi connectivity index (χ2n) is 11.9. The SMILES string of the molecule is Cc1cc(-c2cnn3c(NCC4CCOCC4)cc(N[C@H]4CCN(C5COC5)C4)nc23)ccc1C(=O)NC1CC1. The summed E-state index contributed by atoms with van der Waals surface area (Å²) < 4.78 is 12.9. The third-order valence-electron chi connectivity index (χ3n) is 8.79. The molecule has 0 radical (unpaired) electrons. The van der Waals surface area contributed by atoms with E-state index in [2.05, 4.69) is 33.0 Å². The topological polar surface area (TPSA) is 105 Å². The van der Waals surface area contributed by atoms with Gasteiger partial charge in [-0.1, -0.05) is 12.1 Å². The Morgan fingerprint density at radius 2 is 1.90 bits per heavy atom. The van der Waals surface area contributed by atoms with Crippen molar-refractivity contribution in [2.75, 3.05) is 56.7 Å². The molecule has 0 unspecified atom stereocenters. The molecule has 1 saturated carbocycles. The standard InChI is InChI=1S/C30H39N7O3/c1-19-12-21(2-5-25(19)30(38)34-22-3-4-22)26-15-32-37-28(31-14-20-7-10-39-11-8-20)13-27(35-29(26)37)33-23-6-9-36(16-23)24-17-40-18-24/h2,5,12-13,15,20,22-24,31H,3-4,6-11,14,16-18H2,1H3,(H,33,35)(H,34,38)/t23-/m0/s1. The van der Waals surface area contributed by atoms with Crippen LogP contribution >= 0.6 is 0 Å². The molecule has 0 spiro atoms. The van der Waals surface area contributed by atoms with E-state index < -0.39 is 0 Å². The number of nitrogens with zero attached hydrogens (tertiary/aromatic N) is 4. The molecule has 1 aliphatic carbocycles. The van der Waals surface area contributed by atoms with Crippen LogP contribution in [0.2, 0.25) is 0 Å². The van der Waals surface area contributed by atoms with Crippen molar-refractivity contribution >= 4 is 23.2 Å². The molecular weight excluding hydrogens is 506 g/mol. The molecule has 10 nitrogen and oxygen atoms in total. The van der Waals surface area contributed by atoms with Crippen LogP contribution in [-0.2, 0) is 9.47 Å². The van der Waals surface area contributed by atoms with E-state index in [0.717, 1.165) is 118 Å². The lowest BCUT2D eigenvalue weighted by atomic mass is 10.0. The highest BCUT2D eigenvalue weighted by atomic mass is 16.5. The maximum atomic E-state index is 12.7. The first-order chi connectivity index (χ1) is 19.6. The number of fused-ring (bicyclic) bond motifs is 1. The molecule has 5 heterocycles. The van der Waals surface area contributed by atoms with Crippen molar-refractivity contribution in [2.45, 2.75) is 57.2 Å². The Hall–Kier alpha value is -3.21. The molecule has 40 heavy (non-hydrogen) atoms. The van der Waals surface area contributed by atoms with Crippen LogP contribution in [0.15, 0.2) is 30.5 Å². The zero-order valence-electron chi connectivity index (χ0n) is 23.2. The summed E-state index contributed by atoms with van der Waals surface area (Å²) in [4.78, 5) is 20.3. The first-order valence-corrected chi connectivity index (χ1v) is 14.8. The maximum absolute atomic E-state index is 12.7. The van der Waals surface area contributed by atoms with E-state index >= 15 is 0 Å². The summed E-state index contributed by atoms with van der Waals surface area (Å²) >= 11 is 0. The Morgan fingerprint density at radius 1 is 1.05 bits per heavy atom. The van der Waals surface area contributed by atoms with Gasteiger partial charge in [-0.2, -0.15) is 9.61 Å². The second kappa shape index (κ2) is 11.0. The summed E-state index contributed by atoms with van der Waals surface area (Å²) in [6, 6.07) is 9.34. The number of carbonyl (C=O) groups is 1. The van der Waals surface area contributed by atoms with Gasteiger partial charge in [-0.25, -0.2) is 4.98 Å². The number of benzene rings is 1. The van der Waals surface area contributed by atoms with E-state index in [1.807, 2.05) is 29.8 Å². The molecule has 3 saturated heterocycles. The minimum atomic E-state index is 0.00898. The van der Waals surface area contributed by atoms with Gasteiger partial charge in [-0.15, -0.1) is 0 Å². The van der Waals surface area contributed by atoms with Crippen LogP contribution in [0.5, 0.6) is 0 Å². The monoisotopic (exact) mass is 545 g/mol. The largest absolute Gasteiger partial charge is 0.381 e. The maximum Gasteiger partial charge on any atom is 0.251 e. The van der Waals surface area contributed by atoms with E-state index in [1.165, 1.54) is 0 Å². The van der Waals surface area contributed by atoms with Crippen LogP contribution in [0.4, 0.5) is 11.6 Å². The Balaban J connectivity index is 1.17. The van der Waals surface area contributed by atoms with Gasteiger partial charge in [0.1, 0.15) is 11.6 Å². The minimum Gasteiger partial charge on any atom is -0.381 e. The number of aromatic nitrogens is 3. The number of carbonyl (C=O) groups excluding carboxylic acids is 1. The Morgan fingerprint density at radius 3 is 2.65 bits per heavy atom. The van der Waals surface area contributed by atoms with Gasteiger partial charge in [0.15, 0.2) is 5.65 Å². The number of anilines is 2. The fourth-order valence-corrected chi connectivity index (χ4v) is 6.02. The predicted octanol–water partition coefficient (Wildman–Crippen LogP) is 3.32. The predicted molar refractivity (Wildman–Crippen MR) is 154 cm³/mol. The van der Waals surface area contributed by atoms with Crippen LogP contribution in [0.25, 0.3) is 16.8 Å². The van der Waals surface area contributed by atoms with E-state index in [4.69, 9.17) is 19.6 Å². The van der Waals surface area contributed by atoms with Crippen LogP contribution in [-0.4, -0.2) is 89.6 Å². The van der Waals surface area contributed by atoms with Crippen molar-refractivity contribution in [3.05, 3.63) is 41.6 Å². The number of likely N-dealkylation sites (tertiary alicyclic amines) is 1. The number of rotatable bonds is 9. The van der Waals surface area contributed by atoms with Crippen molar-refractivity contribution in [3.8, 4) is 11.1 Å². The lowest BCUT2D eigenvalue weighted by molar-refractivity contribution is -0.0571. The number of aryl methyl sites for hydroxylation is 1. The zero-order valence-corrected chi connectivity index (χ0v) is 23.2. The average Bonchev–Trinajstić information content (AvgIpc) is 3.46. The second-order valence-corrected chi connectivity index (χ2v) is 11.9. The highest BCUT2D eigenvalue weighted by molar-refractivity contribution is 5.97. The van der Waals surface area contributed by atoms with Crippen LogP contribution in [0.3, 0.4) is 0 Å². The number of nitrogens with one attached hydrogen (secondary N) is 3. The normalized spacial score (nSPS) is 22.4. The van der Waals surface area contributed by atoms with Gasteiger partial charge in [0, 0.05) is 62.1 Å². The molecule has 2 aromatic heterocycles. The van der Waals surface area contributed by atoms with Gasteiger partial charge in [0.05, 0.1) is 25.5 Å². The van der Waals surface area contributed by atoms with Gasteiger partial charge < -0.3 is 25.4 Å². The molecule has 1 atom stereocenters. The summed E-state index contributed by atoms with van der Waals surface area (Å²) in [7, 11) is 0. The molecule has 4 fully saturated rings. The van der Waals surface area contributed by atoms with Crippen molar-refractivity contribution in [1.82, 2.24) is 24.8 Å².